The molecule has 1 rings (SSSR count). The number of aromatic nitrogens is 1. The fourth-order valence-electron chi connectivity index (χ4n) is 1.92. The molecule has 0 amide bonds. The Morgan fingerprint density at radius 2 is 2.16 bits per heavy atom. The highest BCUT2D eigenvalue weighted by molar-refractivity contribution is 5.39. The van der Waals surface area contributed by atoms with Crippen LogP contribution in [0.2, 0.25) is 0 Å². The summed E-state index contributed by atoms with van der Waals surface area (Å²) in [4.78, 5) is 6.85. The Morgan fingerprint density at radius 3 is 2.68 bits per heavy atom. The van der Waals surface area contributed by atoms with E-state index in [1.54, 1.807) is 7.11 Å². The SMILES string of the molecule is CCNCc1ccc(N(CCOC)CC(C)C)nc1. The van der Waals surface area contributed by atoms with Crippen LogP contribution in [0.4, 0.5) is 5.82 Å². The number of rotatable bonds is 9. The Morgan fingerprint density at radius 1 is 1.37 bits per heavy atom. The predicted octanol–water partition coefficient (Wildman–Crippen LogP) is 2.30. The van der Waals surface area contributed by atoms with Gasteiger partial charge in [0.2, 0.25) is 0 Å². The fraction of sp³-hybridized carbons (Fsp3) is 0.667. The summed E-state index contributed by atoms with van der Waals surface area (Å²) in [7, 11) is 1.74. The van der Waals surface area contributed by atoms with E-state index >= 15 is 0 Å². The third-order valence-electron chi connectivity index (χ3n) is 2.86. The molecule has 0 saturated heterocycles. The molecule has 0 aliphatic heterocycles. The lowest BCUT2D eigenvalue weighted by Crippen LogP contribution is -2.31. The van der Waals surface area contributed by atoms with Crippen molar-refractivity contribution in [2.75, 3.05) is 38.3 Å². The number of hydrogen-bond acceptors (Lipinski definition) is 4. The number of hydrogen-bond donors (Lipinski definition) is 1. The average Bonchev–Trinajstić information content (AvgIpc) is 2.41. The number of methoxy groups -OCH3 is 1. The van der Waals surface area contributed by atoms with Crippen molar-refractivity contribution >= 4 is 5.82 Å². The Kier molecular flexibility index (Phi) is 7.45. The van der Waals surface area contributed by atoms with Crippen molar-refractivity contribution < 1.29 is 4.74 Å². The Labute approximate surface area is 117 Å². The van der Waals surface area contributed by atoms with E-state index in [0.717, 1.165) is 38.6 Å². The van der Waals surface area contributed by atoms with E-state index in [-0.39, 0.29) is 0 Å². The molecule has 108 valence electrons. The lowest BCUT2D eigenvalue weighted by atomic mass is 10.2. The van der Waals surface area contributed by atoms with Gasteiger partial charge in [0.1, 0.15) is 5.82 Å². The van der Waals surface area contributed by atoms with Crippen molar-refractivity contribution in [3.8, 4) is 0 Å². The second-order valence-corrected chi connectivity index (χ2v) is 5.14. The first-order valence-corrected chi connectivity index (χ1v) is 7.06. The van der Waals surface area contributed by atoms with Crippen LogP contribution in [-0.2, 0) is 11.3 Å². The van der Waals surface area contributed by atoms with Crippen LogP contribution in [-0.4, -0.2) is 38.3 Å². The van der Waals surface area contributed by atoms with Crippen molar-refractivity contribution in [3.63, 3.8) is 0 Å². The van der Waals surface area contributed by atoms with Gasteiger partial charge in [0.15, 0.2) is 0 Å². The highest BCUT2D eigenvalue weighted by Gasteiger charge is 2.09. The van der Waals surface area contributed by atoms with Crippen molar-refractivity contribution in [2.45, 2.75) is 27.3 Å². The van der Waals surface area contributed by atoms with Gasteiger partial charge in [-0.1, -0.05) is 26.8 Å². The number of pyridine rings is 1. The number of anilines is 1. The Bertz CT molecular complexity index is 338. The lowest BCUT2D eigenvalue weighted by molar-refractivity contribution is 0.204. The highest BCUT2D eigenvalue weighted by atomic mass is 16.5. The van der Waals surface area contributed by atoms with Crippen molar-refractivity contribution in [3.05, 3.63) is 23.9 Å². The van der Waals surface area contributed by atoms with Gasteiger partial charge in [-0.2, -0.15) is 0 Å². The molecule has 4 heteroatoms. The minimum Gasteiger partial charge on any atom is -0.383 e. The zero-order valence-electron chi connectivity index (χ0n) is 12.6. The Balaban J connectivity index is 2.66. The third kappa shape index (κ3) is 6.03. The van der Waals surface area contributed by atoms with Gasteiger partial charge < -0.3 is 15.0 Å². The summed E-state index contributed by atoms with van der Waals surface area (Å²) in [5.41, 5.74) is 1.22. The van der Waals surface area contributed by atoms with Gasteiger partial charge in [-0.3, -0.25) is 0 Å². The van der Waals surface area contributed by atoms with E-state index in [2.05, 4.69) is 48.1 Å². The molecule has 0 fully saturated rings. The highest BCUT2D eigenvalue weighted by Crippen LogP contribution is 2.13. The Hall–Kier alpha value is -1.13. The third-order valence-corrected chi connectivity index (χ3v) is 2.86. The predicted molar refractivity (Wildman–Crippen MR) is 80.5 cm³/mol. The van der Waals surface area contributed by atoms with E-state index < -0.39 is 0 Å². The minimum absolute atomic E-state index is 0.611. The molecule has 4 nitrogen and oxygen atoms in total. The largest absolute Gasteiger partial charge is 0.383 e. The fourth-order valence-corrected chi connectivity index (χ4v) is 1.92. The molecule has 0 aliphatic carbocycles. The molecule has 1 aromatic heterocycles. The van der Waals surface area contributed by atoms with Crippen LogP contribution in [0.15, 0.2) is 18.3 Å². The second kappa shape index (κ2) is 8.88. The maximum atomic E-state index is 5.17. The first-order chi connectivity index (χ1) is 9.17. The maximum absolute atomic E-state index is 5.17. The van der Waals surface area contributed by atoms with E-state index in [1.165, 1.54) is 5.56 Å². The van der Waals surface area contributed by atoms with Crippen molar-refractivity contribution in [1.82, 2.24) is 10.3 Å². The van der Waals surface area contributed by atoms with Crippen LogP contribution < -0.4 is 10.2 Å². The number of ether oxygens (including phenoxy) is 1. The monoisotopic (exact) mass is 265 g/mol. The topological polar surface area (TPSA) is 37.4 Å². The first kappa shape index (κ1) is 15.9. The summed E-state index contributed by atoms with van der Waals surface area (Å²) in [5, 5.41) is 3.31. The summed E-state index contributed by atoms with van der Waals surface area (Å²) >= 11 is 0. The van der Waals surface area contributed by atoms with E-state index in [0.29, 0.717) is 5.92 Å². The number of nitrogens with one attached hydrogen (secondary N) is 1. The zero-order valence-corrected chi connectivity index (χ0v) is 12.6. The van der Waals surface area contributed by atoms with E-state index in [9.17, 15) is 0 Å². The van der Waals surface area contributed by atoms with Gasteiger partial charge in [0, 0.05) is 32.9 Å². The maximum Gasteiger partial charge on any atom is 0.128 e. The van der Waals surface area contributed by atoms with Gasteiger partial charge in [0.25, 0.3) is 0 Å². The molecular formula is C15H27N3O. The van der Waals surface area contributed by atoms with Gasteiger partial charge in [-0.05, 0) is 24.1 Å². The van der Waals surface area contributed by atoms with Gasteiger partial charge >= 0.3 is 0 Å². The lowest BCUT2D eigenvalue weighted by Gasteiger charge is -2.25. The molecule has 19 heavy (non-hydrogen) atoms. The molecule has 0 unspecified atom stereocenters. The first-order valence-electron chi connectivity index (χ1n) is 7.06. The summed E-state index contributed by atoms with van der Waals surface area (Å²) < 4.78 is 5.17. The molecule has 0 spiro atoms. The number of nitrogens with zero attached hydrogens (tertiary/aromatic N) is 2. The molecule has 1 heterocycles. The van der Waals surface area contributed by atoms with E-state index in [1.807, 2.05) is 6.20 Å². The normalized spacial score (nSPS) is 11.0. The van der Waals surface area contributed by atoms with Crippen LogP contribution in [0.25, 0.3) is 0 Å². The summed E-state index contributed by atoms with van der Waals surface area (Å²) in [6.07, 6.45) is 1.96. The summed E-state index contributed by atoms with van der Waals surface area (Å²) in [5.74, 6) is 1.64. The van der Waals surface area contributed by atoms with Crippen LogP contribution in [0.1, 0.15) is 26.3 Å². The van der Waals surface area contributed by atoms with E-state index in [4.69, 9.17) is 4.74 Å². The second-order valence-electron chi connectivity index (χ2n) is 5.14. The average molecular weight is 265 g/mol. The summed E-state index contributed by atoms with van der Waals surface area (Å²) in [6, 6.07) is 4.25. The van der Waals surface area contributed by atoms with Crippen molar-refractivity contribution in [2.24, 2.45) is 5.92 Å². The molecule has 0 bridgehead atoms. The smallest absolute Gasteiger partial charge is 0.128 e. The quantitative estimate of drug-likeness (QED) is 0.743. The van der Waals surface area contributed by atoms with Crippen LogP contribution in [0.5, 0.6) is 0 Å². The molecule has 0 atom stereocenters. The molecular weight excluding hydrogens is 238 g/mol. The molecule has 0 saturated carbocycles. The van der Waals surface area contributed by atoms with Crippen molar-refractivity contribution in [1.29, 1.82) is 0 Å². The van der Waals surface area contributed by atoms with Gasteiger partial charge in [0.05, 0.1) is 6.61 Å². The summed E-state index contributed by atoms with van der Waals surface area (Å²) in [6.45, 7) is 11.0. The molecule has 1 aromatic rings. The van der Waals surface area contributed by atoms with Gasteiger partial charge in [-0.25, -0.2) is 4.98 Å². The van der Waals surface area contributed by atoms with Crippen LogP contribution in [0, 0.1) is 5.92 Å². The van der Waals surface area contributed by atoms with Gasteiger partial charge in [-0.15, -0.1) is 0 Å². The molecule has 0 aromatic carbocycles. The molecule has 0 radical (unpaired) electrons. The van der Waals surface area contributed by atoms with Crippen LogP contribution >= 0.6 is 0 Å². The van der Waals surface area contributed by atoms with Crippen LogP contribution in [0.3, 0.4) is 0 Å². The molecule has 1 N–H and O–H groups in total. The zero-order chi connectivity index (χ0) is 14.1. The standard InChI is InChI=1S/C15H27N3O/c1-5-16-10-14-6-7-15(17-11-14)18(8-9-19-4)12-13(2)3/h6-7,11,13,16H,5,8-10,12H2,1-4H3. The molecule has 0 aliphatic rings. The minimum atomic E-state index is 0.611.